The molecular weight excluding hydrogens is 232 g/mol. The van der Waals surface area contributed by atoms with Crippen molar-refractivity contribution < 1.29 is 19.4 Å². The summed E-state index contributed by atoms with van der Waals surface area (Å²) >= 11 is 0. The minimum absolute atomic E-state index is 0.184. The van der Waals surface area contributed by atoms with E-state index in [1.807, 2.05) is 27.7 Å². The fraction of sp³-hybridized carbons (Fsp3) is 0.857. The van der Waals surface area contributed by atoms with Crippen molar-refractivity contribution in [3.05, 3.63) is 0 Å². The van der Waals surface area contributed by atoms with E-state index in [9.17, 15) is 9.59 Å². The summed E-state index contributed by atoms with van der Waals surface area (Å²) in [5.74, 6) is -1.61. The summed E-state index contributed by atoms with van der Waals surface area (Å²) in [4.78, 5) is 22.7. The standard InChI is InChI=1S/C14H26O4/c1-6-7-11(9-8-10(2)12(15)16)13(17)18-14(3,4)5/h10-11H,6-9H2,1-5H3,(H,15,16). The van der Waals surface area contributed by atoms with Crippen molar-refractivity contribution in [2.75, 3.05) is 0 Å². The highest BCUT2D eigenvalue weighted by Gasteiger charge is 2.25. The first-order valence-corrected chi connectivity index (χ1v) is 6.63. The zero-order chi connectivity index (χ0) is 14.3. The number of carboxylic acid groups (broad SMARTS) is 1. The Labute approximate surface area is 110 Å². The van der Waals surface area contributed by atoms with Crippen molar-refractivity contribution in [2.24, 2.45) is 11.8 Å². The van der Waals surface area contributed by atoms with Gasteiger partial charge in [-0.2, -0.15) is 0 Å². The normalized spacial score (nSPS) is 14.9. The number of rotatable bonds is 7. The molecule has 0 saturated carbocycles. The second kappa shape index (κ2) is 7.39. The van der Waals surface area contributed by atoms with E-state index in [2.05, 4.69) is 0 Å². The van der Waals surface area contributed by atoms with Crippen molar-refractivity contribution in [3.63, 3.8) is 0 Å². The lowest BCUT2D eigenvalue weighted by molar-refractivity contribution is -0.161. The molecule has 0 saturated heterocycles. The van der Waals surface area contributed by atoms with E-state index in [1.54, 1.807) is 6.92 Å². The van der Waals surface area contributed by atoms with Crippen LogP contribution < -0.4 is 0 Å². The van der Waals surface area contributed by atoms with Gasteiger partial charge in [-0.25, -0.2) is 0 Å². The van der Waals surface area contributed by atoms with Gasteiger partial charge in [-0.15, -0.1) is 0 Å². The fourth-order valence-electron chi connectivity index (χ4n) is 1.69. The maximum absolute atomic E-state index is 12.0. The zero-order valence-corrected chi connectivity index (χ0v) is 12.2. The smallest absolute Gasteiger partial charge is 0.309 e. The van der Waals surface area contributed by atoms with Crippen LogP contribution in [0.5, 0.6) is 0 Å². The molecule has 0 amide bonds. The molecule has 0 spiro atoms. The molecule has 1 N–H and O–H groups in total. The molecule has 2 atom stereocenters. The highest BCUT2D eigenvalue weighted by atomic mass is 16.6. The van der Waals surface area contributed by atoms with Gasteiger partial charge in [0.05, 0.1) is 11.8 Å². The highest BCUT2D eigenvalue weighted by molar-refractivity contribution is 5.73. The van der Waals surface area contributed by atoms with Crippen LogP contribution in [-0.4, -0.2) is 22.6 Å². The van der Waals surface area contributed by atoms with Gasteiger partial charge >= 0.3 is 11.9 Å². The molecule has 4 nitrogen and oxygen atoms in total. The topological polar surface area (TPSA) is 63.6 Å². The van der Waals surface area contributed by atoms with Crippen LogP contribution >= 0.6 is 0 Å². The molecule has 0 aliphatic heterocycles. The molecule has 0 fully saturated rings. The Hall–Kier alpha value is -1.06. The third kappa shape index (κ3) is 7.30. The Morgan fingerprint density at radius 2 is 1.72 bits per heavy atom. The molecule has 0 rings (SSSR count). The predicted molar refractivity (Wildman–Crippen MR) is 70.3 cm³/mol. The molecule has 0 aromatic rings. The van der Waals surface area contributed by atoms with Crippen LogP contribution in [0.1, 0.15) is 60.3 Å². The van der Waals surface area contributed by atoms with Gasteiger partial charge in [0.25, 0.3) is 0 Å². The van der Waals surface area contributed by atoms with Gasteiger partial charge in [-0.05, 0) is 40.0 Å². The number of carbonyl (C=O) groups is 2. The first-order valence-electron chi connectivity index (χ1n) is 6.63. The maximum atomic E-state index is 12.0. The van der Waals surface area contributed by atoms with Crippen LogP contribution in [0, 0.1) is 11.8 Å². The Kier molecular flexibility index (Phi) is 6.96. The number of hydrogen-bond donors (Lipinski definition) is 1. The number of ether oxygens (including phenoxy) is 1. The molecular formula is C14H26O4. The minimum Gasteiger partial charge on any atom is -0.481 e. The predicted octanol–water partition coefficient (Wildman–Crippen LogP) is 3.25. The molecule has 0 radical (unpaired) electrons. The molecule has 0 aliphatic rings. The number of hydrogen-bond acceptors (Lipinski definition) is 3. The van der Waals surface area contributed by atoms with E-state index in [0.717, 1.165) is 12.8 Å². The molecule has 106 valence electrons. The quantitative estimate of drug-likeness (QED) is 0.712. The van der Waals surface area contributed by atoms with Gasteiger partial charge in [0.15, 0.2) is 0 Å². The van der Waals surface area contributed by atoms with Crippen LogP contribution in [-0.2, 0) is 14.3 Å². The number of esters is 1. The van der Waals surface area contributed by atoms with Gasteiger partial charge in [-0.3, -0.25) is 9.59 Å². The third-order valence-corrected chi connectivity index (χ3v) is 2.75. The van der Waals surface area contributed by atoms with Crippen LogP contribution in [0.4, 0.5) is 0 Å². The summed E-state index contributed by atoms with van der Waals surface area (Å²) < 4.78 is 5.36. The van der Waals surface area contributed by atoms with Crippen molar-refractivity contribution >= 4 is 11.9 Å². The fourth-order valence-corrected chi connectivity index (χ4v) is 1.69. The van der Waals surface area contributed by atoms with Gasteiger partial charge in [0.2, 0.25) is 0 Å². The Balaban J connectivity index is 4.38. The zero-order valence-electron chi connectivity index (χ0n) is 12.2. The molecule has 0 aliphatic carbocycles. The second-order valence-corrected chi connectivity index (χ2v) is 5.84. The Morgan fingerprint density at radius 3 is 2.11 bits per heavy atom. The summed E-state index contributed by atoms with van der Waals surface area (Å²) in [7, 11) is 0. The summed E-state index contributed by atoms with van der Waals surface area (Å²) in [5.41, 5.74) is -0.485. The molecule has 0 aromatic carbocycles. The summed E-state index contributed by atoms with van der Waals surface area (Å²) in [6.45, 7) is 9.20. The molecule has 18 heavy (non-hydrogen) atoms. The Morgan fingerprint density at radius 1 is 1.17 bits per heavy atom. The van der Waals surface area contributed by atoms with Crippen LogP contribution in [0.25, 0.3) is 0 Å². The van der Waals surface area contributed by atoms with Gasteiger partial charge in [0.1, 0.15) is 5.60 Å². The highest BCUT2D eigenvalue weighted by Crippen LogP contribution is 2.21. The monoisotopic (exact) mass is 258 g/mol. The summed E-state index contributed by atoms with van der Waals surface area (Å²) in [6, 6.07) is 0. The first kappa shape index (κ1) is 16.9. The van der Waals surface area contributed by atoms with Crippen LogP contribution in [0.3, 0.4) is 0 Å². The van der Waals surface area contributed by atoms with Crippen molar-refractivity contribution in [2.45, 2.75) is 65.9 Å². The third-order valence-electron chi connectivity index (χ3n) is 2.75. The van der Waals surface area contributed by atoms with E-state index in [1.165, 1.54) is 0 Å². The summed E-state index contributed by atoms with van der Waals surface area (Å²) in [6.07, 6.45) is 2.74. The van der Waals surface area contributed by atoms with E-state index in [4.69, 9.17) is 9.84 Å². The lowest BCUT2D eigenvalue weighted by Crippen LogP contribution is -2.29. The lowest BCUT2D eigenvalue weighted by atomic mass is 9.93. The SMILES string of the molecule is CCCC(CCC(C)C(=O)O)C(=O)OC(C)(C)C. The van der Waals surface area contributed by atoms with Crippen LogP contribution in [0.2, 0.25) is 0 Å². The number of carbonyl (C=O) groups excluding carboxylic acids is 1. The average Bonchev–Trinajstić information content (AvgIpc) is 2.20. The lowest BCUT2D eigenvalue weighted by Gasteiger charge is -2.24. The van der Waals surface area contributed by atoms with Crippen molar-refractivity contribution in [1.82, 2.24) is 0 Å². The van der Waals surface area contributed by atoms with Crippen molar-refractivity contribution in [1.29, 1.82) is 0 Å². The summed E-state index contributed by atoms with van der Waals surface area (Å²) in [5, 5.41) is 8.83. The van der Waals surface area contributed by atoms with E-state index >= 15 is 0 Å². The maximum Gasteiger partial charge on any atom is 0.309 e. The molecule has 0 aromatic heterocycles. The van der Waals surface area contributed by atoms with Crippen molar-refractivity contribution in [3.8, 4) is 0 Å². The average molecular weight is 258 g/mol. The number of aliphatic carboxylic acids is 1. The largest absolute Gasteiger partial charge is 0.481 e. The van der Waals surface area contributed by atoms with Gasteiger partial charge in [-0.1, -0.05) is 20.3 Å². The second-order valence-electron chi connectivity index (χ2n) is 5.84. The Bertz CT molecular complexity index is 278. The molecule has 0 bridgehead atoms. The van der Waals surface area contributed by atoms with E-state index in [-0.39, 0.29) is 11.9 Å². The molecule has 2 unspecified atom stereocenters. The first-order chi connectivity index (χ1) is 8.17. The van der Waals surface area contributed by atoms with E-state index in [0.29, 0.717) is 12.8 Å². The van der Waals surface area contributed by atoms with Gasteiger partial charge in [0, 0.05) is 0 Å². The van der Waals surface area contributed by atoms with E-state index < -0.39 is 17.5 Å². The molecule has 4 heteroatoms. The van der Waals surface area contributed by atoms with Gasteiger partial charge < -0.3 is 9.84 Å². The number of carboxylic acids is 1. The minimum atomic E-state index is -0.811. The molecule has 0 heterocycles. The van der Waals surface area contributed by atoms with Crippen LogP contribution in [0.15, 0.2) is 0 Å².